The molecule has 140 valence electrons. The van der Waals surface area contributed by atoms with E-state index in [0.29, 0.717) is 5.82 Å². The molecule has 0 aliphatic carbocycles. The zero-order valence-corrected chi connectivity index (χ0v) is 16.9. The van der Waals surface area contributed by atoms with E-state index in [1.165, 1.54) is 6.07 Å². The van der Waals surface area contributed by atoms with Gasteiger partial charge in [-0.15, -0.1) is 0 Å². The molecule has 0 aliphatic rings. The van der Waals surface area contributed by atoms with Crippen LogP contribution >= 0.6 is 34.8 Å². The van der Waals surface area contributed by atoms with Gasteiger partial charge in [0.15, 0.2) is 0 Å². The molecule has 0 aromatic carbocycles. The summed E-state index contributed by atoms with van der Waals surface area (Å²) in [6, 6.07) is 0.559. The highest BCUT2D eigenvalue weighted by molar-refractivity contribution is 6.42. The fourth-order valence-corrected chi connectivity index (χ4v) is 2.79. The van der Waals surface area contributed by atoms with Gasteiger partial charge >= 0.3 is 6.03 Å². The summed E-state index contributed by atoms with van der Waals surface area (Å²) < 4.78 is 1.67. The fraction of sp³-hybridized carbons (Fsp3) is 0.375. The van der Waals surface area contributed by atoms with Gasteiger partial charge in [0, 0.05) is 11.6 Å². The van der Waals surface area contributed by atoms with Crippen LogP contribution in [0.1, 0.15) is 55.6 Å². The van der Waals surface area contributed by atoms with Crippen molar-refractivity contribution in [1.82, 2.24) is 20.1 Å². The Labute approximate surface area is 166 Å². The molecule has 26 heavy (non-hydrogen) atoms. The Morgan fingerprint density at radius 3 is 2.35 bits per heavy atom. The van der Waals surface area contributed by atoms with E-state index in [-0.39, 0.29) is 32.9 Å². The van der Waals surface area contributed by atoms with Crippen molar-refractivity contribution >= 4 is 52.6 Å². The van der Waals surface area contributed by atoms with E-state index >= 15 is 0 Å². The van der Waals surface area contributed by atoms with Crippen LogP contribution in [0, 0.1) is 0 Å². The van der Waals surface area contributed by atoms with Gasteiger partial charge in [0.25, 0.3) is 5.91 Å². The Kier molecular flexibility index (Phi) is 6.49. The summed E-state index contributed by atoms with van der Waals surface area (Å²) in [6.07, 6.45) is 1.70. The van der Waals surface area contributed by atoms with E-state index in [1.807, 2.05) is 27.7 Å². The van der Waals surface area contributed by atoms with E-state index in [4.69, 9.17) is 34.8 Å². The molecule has 10 heteroatoms. The Morgan fingerprint density at radius 1 is 1.12 bits per heavy atom. The van der Waals surface area contributed by atoms with Crippen molar-refractivity contribution in [2.24, 2.45) is 0 Å². The standard InChI is InChI=1S/C16H18Cl3N5O2/c1-7(2)10-6-20-24(8(3)4)14(10)22-16(26)23-15(25)9-5-11(17)13(19)21-12(9)18/h5-8H,1-4H3,(H2,22,23,25,26). The molecule has 2 aromatic heterocycles. The second-order valence-corrected chi connectivity index (χ2v) is 7.27. The molecule has 0 fully saturated rings. The van der Waals surface area contributed by atoms with E-state index in [9.17, 15) is 9.59 Å². The topological polar surface area (TPSA) is 88.9 Å². The number of pyridine rings is 1. The van der Waals surface area contributed by atoms with Crippen LogP contribution in [0.2, 0.25) is 15.3 Å². The summed E-state index contributed by atoms with van der Waals surface area (Å²) in [5.41, 5.74) is 0.799. The van der Waals surface area contributed by atoms with Crippen molar-refractivity contribution in [2.75, 3.05) is 5.32 Å². The van der Waals surface area contributed by atoms with Crippen molar-refractivity contribution < 1.29 is 9.59 Å². The summed E-state index contributed by atoms with van der Waals surface area (Å²) in [4.78, 5) is 28.3. The summed E-state index contributed by atoms with van der Waals surface area (Å²) in [7, 11) is 0. The number of imide groups is 1. The van der Waals surface area contributed by atoms with Gasteiger partial charge in [0.05, 0.1) is 16.8 Å². The van der Waals surface area contributed by atoms with Gasteiger partial charge in [-0.1, -0.05) is 48.7 Å². The van der Waals surface area contributed by atoms with Crippen molar-refractivity contribution in [1.29, 1.82) is 0 Å². The van der Waals surface area contributed by atoms with Gasteiger partial charge in [-0.05, 0) is 25.8 Å². The minimum atomic E-state index is -0.750. The third kappa shape index (κ3) is 4.47. The molecule has 2 heterocycles. The molecular formula is C16H18Cl3N5O2. The minimum Gasteiger partial charge on any atom is -0.292 e. The molecular weight excluding hydrogens is 401 g/mol. The molecule has 0 saturated carbocycles. The predicted molar refractivity (Wildman–Crippen MR) is 102 cm³/mol. The molecule has 0 spiro atoms. The molecule has 0 atom stereocenters. The van der Waals surface area contributed by atoms with E-state index < -0.39 is 11.9 Å². The van der Waals surface area contributed by atoms with Crippen molar-refractivity contribution in [3.8, 4) is 0 Å². The molecule has 0 unspecified atom stereocenters. The molecule has 7 nitrogen and oxygen atoms in total. The Bertz CT molecular complexity index is 823. The number of carbonyl (C=O) groups excluding carboxylic acids is 2. The number of hydrogen-bond acceptors (Lipinski definition) is 4. The first kappa shape index (κ1) is 20.5. The largest absolute Gasteiger partial charge is 0.327 e. The monoisotopic (exact) mass is 417 g/mol. The number of nitrogens with zero attached hydrogens (tertiary/aromatic N) is 3. The highest BCUT2D eigenvalue weighted by atomic mass is 35.5. The molecule has 3 amide bonds. The van der Waals surface area contributed by atoms with Crippen molar-refractivity contribution in [2.45, 2.75) is 39.7 Å². The third-order valence-corrected chi connectivity index (χ3v) is 4.49. The quantitative estimate of drug-likeness (QED) is 0.691. The molecule has 0 aliphatic heterocycles. The van der Waals surface area contributed by atoms with Crippen molar-refractivity contribution in [3.05, 3.63) is 38.7 Å². The van der Waals surface area contributed by atoms with E-state index in [0.717, 1.165) is 5.56 Å². The lowest BCUT2D eigenvalue weighted by molar-refractivity contribution is 0.0967. The van der Waals surface area contributed by atoms with Crippen LogP contribution in [0.5, 0.6) is 0 Å². The number of urea groups is 1. The first-order valence-corrected chi connectivity index (χ1v) is 8.96. The average molecular weight is 419 g/mol. The predicted octanol–water partition coefficient (Wildman–Crippen LogP) is 4.90. The molecule has 0 saturated heterocycles. The fourth-order valence-electron chi connectivity index (χ4n) is 2.23. The number of anilines is 1. The van der Waals surface area contributed by atoms with Crippen LogP contribution in [0.3, 0.4) is 0 Å². The first-order valence-electron chi connectivity index (χ1n) is 7.83. The number of halogens is 3. The lowest BCUT2D eigenvalue weighted by atomic mass is 10.1. The van der Waals surface area contributed by atoms with Crippen LogP contribution in [0.4, 0.5) is 10.6 Å². The zero-order chi connectivity index (χ0) is 19.6. The molecule has 2 rings (SSSR count). The number of rotatable bonds is 4. The maximum Gasteiger partial charge on any atom is 0.327 e. The zero-order valence-electron chi connectivity index (χ0n) is 14.6. The Balaban J connectivity index is 2.21. The van der Waals surface area contributed by atoms with Gasteiger partial charge in [-0.25, -0.2) is 14.5 Å². The minimum absolute atomic E-state index is 0.0277. The summed E-state index contributed by atoms with van der Waals surface area (Å²) in [5, 5.41) is 9.04. The summed E-state index contributed by atoms with van der Waals surface area (Å²) in [6.45, 7) is 7.84. The highest BCUT2D eigenvalue weighted by Crippen LogP contribution is 2.27. The van der Waals surface area contributed by atoms with Gasteiger partial charge in [-0.3, -0.25) is 15.4 Å². The maximum absolute atomic E-state index is 12.3. The third-order valence-electron chi connectivity index (χ3n) is 3.53. The number of amides is 3. The van der Waals surface area contributed by atoms with Crippen LogP contribution in [-0.4, -0.2) is 26.7 Å². The SMILES string of the molecule is CC(C)c1cnn(C(C)C)c1NC(=O)NC(=O)c1cc(Cl)c(Cl)nc1Cl. The first-order chi connectivity index (χ1) is 12.1. The Morgan fingerprint density at radius 2 is 1.77 bits per heavy atom. The molecule has 0 bridgehead atoms. The normalized spacial score (nSPS) is 11.1. The number of nitrogens with one attached hydrogen (secondary N) is 2. The Hall–Kier alpha value is -1.83. The van der Waals surface area contributed by atoms with Crippen LogP contribution < -0.4 is 10.6 Å². The van der Waals surface area contributed by atoms with Gasteiger partial charge in [-0.2, -0.15) is 5.10 Å². The highest BCUT2D eigenvalue weighted by Gasteiger charge is 2.21. The summed E-state index contributed by atoms with van der Waals surface area (Å²) in [5.74, 6) is -0.0823. The second kappa shape index (κ2) is 8.24. The van der Waals surface area contributed by atoms with Crippen LogP contribution in [0.25, 0.3) is 0 Å². The summed E-state index contributed by atoms with van der Waals surface area (Å²) >= 11 is 17.5. The van der Waals surface area contributed by atoms with E-state index in [2.05, 4.69) is 20.7 Å². The van der Waals surface area contributed by atoms with Gasteiger partial charge < -0.3 is 0 Å². The maximum atomic E-state index is 12.3. The number of aromatic nitrogens is 3. The molecule has 2 aromatic rings. The van der Waals surface area contributed by atoms with Gasteiger partial charge in [0.2, 0.25) is 0 Å². The second-order valence-electron chi connectivity index (χ2n) is 6.15. The molecule has 0 radical (unpaired) electrons. The lowest BCUT2D eigenvalue weighted by Crippen LogP contribution is -2.35. The van der Waals surface area contributed by atoms with Crippen LogP contribution in [-0.2, 0) is 0 Å². The number of hydrogen-bond donors (Lipinski definition) is 2. The smallest absolute Gasteiger partial charge is 0.292 e. The average Bonchev–Trinajstić information content (AvgIpc) is 2.94. The van der Waals surface area contributed by atoms with E-state index in [1.54, 1.807) is 10.9 Å². The van der Waals surface area contributed by atoms with Gasteiger partial charge in [0.1, 0.15) is 16.1 Å². The lowest BCUT2D eigenvalue weighted by Gasteiger charge is -2.15. The molecule has 2 N–H and O–H groups in total. The number of carbonyl (C=O) groups is 2. The van der Waals surface area contributed by atoms with Crippen LogP contribution in [0.15, 0.2) is 12.3 Å². The van der Waals surface area contributed by atoms with Crippen molar-refractivity contribution in [3.63, 3.8) is 0 Å².